The zero-order chi connectivity index (χ0) is 22.4. The summed E-state index contributed by atoms with van der Waals surface area (Å²) < 4.78 is 1.87. The Morgan fingerprint density at radius 3 is 2.78 bits per heavy atom. The second kappa shape index (κ2) is 7.78. The summed E-state index contributed by atoms with van der Waals surface area (Å²) >= 11 is 0. The van der Waals surface area contributed by atoms with Crippen molar-refractivity contribution >= 4 is 45.8 Å². The van der Waals surface area contributed by atoms with E-state index in [0.717, 1.165) is 52.1 Å². The number of aryl methyl sites for hydroxylation is 1. The molecule has 2 N–H and O–H groups in total. The summed E-state index contributed by atoms with van der Waals surface area (Å²) in [4.78, 5) is 25.5. The Hall–Kier alpha value is -3.68. The summed E-state index contributed by atoms with van der Waals surface area (Å²) in [5.74, 6) is 0.845. The maximum Gasteiger partial charge on any atom is 0.224 e. The van der Waals surface area contributed by atoms with Gasteiger partial charge in [-0.2, -0.15) is 5.10 Å². The van der Waals surface area contributed by atoms with Crippen LogP contribution < -0.4 is 15.5 Å². The summed E-state index contributed by atoms with van der Waals surface area (Å²) in [7, 11) is 1.93. The van der Waals surface area contributed by atoms with Crippen molar-refractivity contribution in [2.24, 2.45) is 17.8 Å². The van der Waals surface area contributed by atoms with Gasteiger partial charge in [0.25, 0.3) is 0 Å². The lowest BCUT2D eigenvalue weighted by Crippen LogP contribution is -2.48. The third kappa shape index (κ3) is 3.41. The average Bonchev–Trinajstić information content (AvgIpc) is 3.55. The Balaban J connectivity index is 1.66. The lowest BCUT2D eigenvalue weighted by atomic mass is 10.0. The molecule has 0 bridgehead atoms. The van der Waals surface area contributed by atoms with E-state index in [1.807, 2.05) is 47.2 Å². The van der Waals surface area contributed by atoms with Crippen LogP contribution in [0.25, 0.3) is 16.5 Å². The summed E-state index contributed by atoms with van der Waals surface area (Å²) in [6.07, 6.45) is 9.34. The Morgan fingerprint density at radius 1 is 1.25 bits per heavy atom. The van der Waals surface area contributed by atoms with Crippen LogP contribution in [0, 0.1) is 0 Å². The van der Waals surface area contributed by atoms with E-state index in [1.54, 1.807) is 19.3 Å². The Morgan fingerprint density at radius 2 is 2.06 bits per heavy atom. The number of fused-ring (bicyclic) bond motifs is 2. The highest BCUT2D eigenvalue weighted by Gasteiger charge is 2.33. The fraction of sp³-hybridized carbons (Fsp3) is 0.333. The molecular formula is C24H27N7O. The number of rotatable bonds is 4. The van der Waals surface area contributed by atoms with Crippen molar-refractivity contribution in [2.45, 2.75) is 38.8 Å². The van der Waals surface area contributed by atoms with Gasteiger partial charge in [-0.05, 0) is 43.5 Å². The number of carbonyl (C=O) groups excluding carboxylic acids is 1. The van der Waals surface area contributed by atoms with E-state index in [2.05, 4.69) is 27.9 Å². The van der Waals surface area contributed by atoms with Crippen molar-refractivity contribution in [1.29, 1.82) is 0 Å². The topological polar surface area (TPSA) is 92.6 Å². The summed E-state index contributed by atoms with van der Waals surface area (Å²) in [5, 5.41) is 5.78. The highest BCUT2D eigenvalue weighted by molar-refractivity contribution is 6.11. The van der Waals surface area contributed by atoms with Gasteiger partial charge >= 0.3 is 0 Å². The van der Waals surface area contributed by atoms with Crippen molar-refractivity contribution < 1.29 is 4.79 Å². The number of benzene rings is 1. The first kappa shape index (κ1) is 20.2. The van der Waals surface area contributed by atoms with E-state index in [9.17, 15) is 4.79 Å². The van der Waals surface area contributed by atoms with E-state index in [0.29, 0.717) is 12.6 Å². The van der Waals surface area contributed by atoms with E-state index < -0.39 is 0 Å². The lowest BCUT2D eigenvalue weighted by Gasteiger charge is -2.41. The van der Waals surface area contributed by atoms with Gasteiger partial charge in [0.15, 0.2) is 5.82 Å². The van der Waals surface area contributed by atoms with E-state index in [4.69, 9.17) is 10.8 Å². The van der Waals surface area contributed by atoms with Crippen molar-refractivity contribution in [3.63, 3.8) is 0 Å². The van der Waals surface area contributed by atoms with Crippen LogP contribution in [0.2, 0.25) is 0 Å². The van der Waals surface area contributed by atoms with Gasteiger partial charge in [-0.3, -0.25) is 19.5 Å². The number of nitrogens with zero attached hydrogens (tertiary/aromatic N) is 6. The molecule has 164 valence electrons. The molecule has 1 amide bonds. The molecule has 1 aliphatic heterocycles. The Bertz CT molecular complexity index is 1250. The van der Waals surface area contributed by atoms with E-state index in [1.165, 1.54) is 0 Å². The number of aromatic nitrogens is 3. The number of allylic oxidation sites excluding steroid dienone is 1. The molecule has 1 atom stereocenters. The molecule has 3 heterocycles. The fourth-order valence-electron chi connectivity index (χ4n) is 4.40. The van der Waals surface area contributed by atoms with Crippen LogP contribution in [-0.4, -0.2) is 45.5 Å². The molecule has 0 saturated heterocycles. The molecule has 1 fully saturated rings. The molecule has 1 aliphatic carbocycles. The molecule has 32 heavy (non-hydrogen) atoms. The first-order chi connectivity index (χ1) is 15.5. The van der Waals surface area contributed by atoms with Gasteiger partial charge in [0.05, 0.1) is 34.4 Å². The van der Waals surface area contributed by atoms with Crippen LogP contribution >= 0.6 is 0 Å². The second-order valence-corrected chi connectivity index (χ2v) is 8.52. The fourth-order valence-corrected chi connectivity index (χ4v) is 4.40. The molecule has 1 aromatic carbocycles. The molecule has 3 aromatic rings. The molecule has 5 rings (SSSR count). The zero-order valence-electron chi connectivity index (χ0n) is 18.6. The molecule has 1 saturated carbocycles. The Kier molecular flexibility index (Phi) is 4.92. The summed E-state index contributed by atoms with van der Waals surface area (Å²) in [6, 6.07) is 8.43. The molecular weight excluding hydrogens is 402 g/mol. The number of aliphatic imine (C=N–C) groups is 1. The van der Waals surface area contributed by atoms with Crippen LogP contribution in [0.1, 0.15) is 32.3 Å². The molecule has 8 nitrogen and oxygen atoms in total. The van der Waals surface area contributed by atoms with Gasteiger partial charge in [-0.25, -0.2) is 0 Å². The number of hydrogen-bond acceptors (Lipinski definition) is 6. The molecule has 2 aromatic heterocycles. The highest BCUT2D eigenvalue weighted by atomic mass is 16.2. The Labute approximate surface area is 187 Å². The van der Waals surface area contributed by atoms with E-state index >= 15 is 0 Å². The molecule has 0 radical (unpaired) electrons. The smallest absolute Gasteiger partial charge is 0.224 e. The summed E-state index contributed by atoms with van der Waals surface area (Å²) in [5.41, 5.74) is 10.6. The monoisotopic (exact) mass is 429 g/mol. The first-order valence-electron chi connectivity index (χ1n) is 10.9. The maximum absolute atomic E-state index is 12.5. The third-order valence-electron chi connectivity index (χ3n) is 6.12. The van der Waals surface area contributed by atoms with Crippen molar-refractivity contribution in [2.75, 3.05) is 16.3 Å². The number of hydrogen-bond donors (Lipinski definition) is 1. The summed E-state index contributed by atoms with van der Waals surface area (Å²) in [6.45, 7) is 4.29. The molecule has 2 aliphatic rings. The average molecular weight is 430 g/mol. The van der Waals surface area contributed by atoms with Gasteiger partial charge in [-0.1, -0.05) is 6.07 Å². The SMILES string of the molecule is CC(=O)N1c2ccc(/C(C=NC3CC3)=C/N)cc2N(c2nn(C)c3ccncc23)C[C@@H]1C. The quantitative estimate of drug-likeness (QED) is 0.642. The highest BCUT2D eigenvalue weighted by Crippen LogP contribution is 2.42. The number of anilines is 3. The van der Waals surface area contributed by atoms with Crippen molar-refractivity contribution in [3.05, 3.63) is 48.4 Å². The van der Waals surface area contributed by atoms with Crippen LogP contribution in [-0.2, 0) is 11.8 Å². The predicted molar refractivity (Wildman–Crippen MR) is 128 cm³/mol. The predicted octanol–water partition coefficient (Wildman–Crippen LogP) is 3.39. The van der Waals surface area contributed by atoms with E-state index in [-0.39, 0.29) is 11.9 Å². The number of pyridine rings is 1. The second-order valence-electron chi connectivity index (χ2n) is 8.52. The zero-order valence-corrected chi connectivity index (χ0v) is 18.6. The number of amides is 1. The van der Waals surface area contributed by atoms with Crippen LogP contribution in [0.4, 0.5) is 17.2 Å². The van der Waals surface area contributed by atoms with Crippen LogP contribution in [0.15, 0.2) is 47.9 Å². The largest absolute Gasteiger partial charge is 0.404 e. The normalized spacial score (nSPS) is 19.1. The molecule has 8 heteroatoms. The van der Waals surface area contributed by atoms with Crippen molar-refractivity contribution in [3.8, 4) is 0 Å². The van der Waals surface area contributed by atoms with Gasteiger partial charge < -0.3 is 15.5 Å². The van der Waals surface area contributed by atoms with Gasteiger partial charge in [0.1, 0.15) is 0 Å². The first-order valence-corrected chi connectivity index (χ1v) is 10.9. The standard InChI is InChI=1S/C24H27N7O/c1-15-14-30(24-20-13-26-9-8-21(20)29(3)28-24)23-10-17(4-7-22(23)31(15)16(2)32)18(11-25)12-27-19-5-6-19/h4,7-13,15,19H,5-6,14,25H2,1-3H3/b18-11+,27-12?/t15-/m0/s1. The maximum atomic E-state index is 12.5. The van der Waals surface area contributed by atoms with Crippen LogP contribution in [0.5, 0.6) is 0 Å². The van der Waals surface area contributed by atoms with Crippen LogP contribution in [0.3, 0.4) is 0 Å². The third-order valence-corrected chi connectivity index (χ3v) is 6.12. The number of carbonyl (C=O) groups is 1. The lowest BCUT2D eigenvalue weighted by molar-refractivity contribution is -0.117. The van der Waals surface area contributed by atoms with Crippen molar-refractivity contribution in [1.82, 2.24) is 14.8 Å². The molecule has 0 unspecified atom stereocenters. The minimum Gasteiger partial charge on any atom is -0.404 e. The number of nitrogens with two attached hydrogens (primary N) is 1. The van der Waals surface area contributed by atoms with Gasteiger partial charge in [-0.15, -0.1) is 0 Å². The van der Waals surface area contributed by atoms with Gasteiger partial charge in [0, 0.05) is 50.9 Å². The van der Waals surface area contributed by atoms with Gasteiger partial charge in [0.2, 0.25) is 5.91 Å². The minimum atomic E-state index is -0.0134. The minimum absolute atomic E-state index is 0.0134. The molecule has 0 spiro atoms.